The molecule has 0 fully saturated rings. The molecule has 0 radical (unpaired) electrons. The lowest BCUT2D eigenvalue weighted by molar-refractivity contribution is -0.114. The van der Waals surface area contributed by atoms with Crippen molar-refractivity contribution in [3.63, 3.8) is 0 Å². The minimum absolute atomic E-state index is 0.0443. The van der Waals surface area contributed by atoms with Gasteiger partial charge >= 0.3 is 0 Å². The third kappa shape index (κ3) is 6.60. The van der Waals surface area contributed by atoms with E-state index in [1.165, 1.54) is 18.2 Å². The quantitative estimate of drug-likeness (QED) is 0.307. The first-order valence-corrected chi connectivity index (χ1v) is 13.7. The van der Waals surface area contributed by atoms with Crippen LogP contribution in [0, 0.1) is 5.82 Å². The molecule has 2 amide bonds. The molecule has 190 valence electrons. The molecule has 10 heteroatoms. The van der Waals surface area contributed by atoms with Crippen molar-refractivity contribution < 1.29 is 22.4 Å². The van der Waals surface area contributed by atoms with E-state index in [0.717, 1.165) is 33.3 Å². The molecule has 4 rings (SSSR count). The third-order valence-electron chi connectivity index (χ3n) is 5.43. The number of carbonyl (C=O) groups is 2. The van der Waals surface area contributed by atoms with E-state index >= 15 is 0 Å². The summed E-state index contributed by atoms with van der Waals surface area (Å²) in [5, 5.41) is 7.11. The van der Waals surface area contributed by atoms with Gasteiger partial charge in [0.2, 0.25) is 5.91 Å². The second-order valence-electron chi connectivity index (χ2n) is 8.01. The van der Waals surface area contributed by atoms with E-state index in [0.29, 0.717) is 13.0 Å². The Bertz CT molecular complexity index is 1460. The van der Waals surface area contributed by atoms with Crippen LogP contribution in [0.15, 0.2) is 101 Å². The number of hydrogen-bond donors (Lipinski definition) is 2. The van der Waals surface area contributed by atoms with Gasteiger partial charge in [-0.3, -0.25) is 13.9 Å². The fourth-order valence-corrected chi connectivity index (χ4v) is 6.14. The summed E-state index contributed by atoms with van der Waals surface area (Å²) in [7, 11) is -4.09. The van der Waals surface area contributed by atoms with Gasteiger partial charge < -0.3 is 10.6 Å². The Kier molecular flexibility index (Phi) is 8.32. The minimum atomic E-state index is -4.09. The summed E-state index contributed by atoms with van der Waals surface area (Å²) >= 11 is 1.01. The first-order valence-electron chi connectivity index (χ1n) is 11.4. The van der Waals surface area contributed by atoms with Gasteiger partial charge in [0.1, 0.15) is 16.6 Å². The van der Waals surface area contributed by atoms with Crippen molar-refractivity contribution in [1.82, 2.24) is 5.32 Å². The first-order chi connectivity index (χ1) is 17.8. The lowest BCUT2D eigenvalue weighted by Crippen LogP contribution is -2.38. The average molecular weight is 538 g/mol. The lowest BCUT2D eigenvalue weighted by atomic mass is 10.1. The molecule has 0 saturated carbocycles. The molecule has 3 aromatic carbocycles. The summed E-state index contributed by atoms with van der Waals surface area (Å²) in [6.07, 6.45) is 0.647. The van der Waals surface area contributed by atoms with E-state index in [-0.39, 0.29) is 27.1 Å². The predicted molar refractivity (Wildman–Crippen MR) is 143 cm³/mol. The van der Waals surface area contributed by atoms with E-state index in [4.69, 9.17) is 0 Å². The van der Waals surface area contributed by atoms with Crippen molar-refractivity contribution in [1.29, 1.82) is 0 Å². The van der Waals surface area contributed by atoms with Crippen molar-refractivity contribution >= 4 is 44.5 Å². The molecule has 0 aliphatic heterocycles. The minimum Gasteiger partial charge on any atom is -0.352 e. The smallest absolute Gasteiger partial charge is 0.274 e. The number of carbonyl (C=O) groups excluding carboxylic acids is 2. The third-order valence-corrected chi connectivity index (χ3v) is 8.58. The molecule has 0 aliphatic rings. The number of amides is 2. The van der Waals surface area contributed by atoms with Gasteiger partial charge in [0.25, 0.3) is 15.9 Å². The Morgan fingerprint density at radius 2 is 1.57 bits per heavy atom. The summed E-state index contributed by atoms with van der Waals surface area (Å²) < 4.78 is 41.0. The van der Waals surface area contributed by atoms with E-state index in [1.807, 2.05) is 30.3 Å². The van der Waals surface area contributed by atoms with Gasteiger partial charge in [-0.25, -0.2) is 12.8 Å². The molecule has 2 N–H and O–H groups in total. The van der Waals surface area contributed by atoms with E-state index in [9.17, 15) is 22.4 Å². The molecule has 0 bridgehead atoms. The molecule has 1 aromatic heterocycles. The lowest BCUT2D eigenvalue weighted by Gasteiger charge is -2.23. The van der Waals surface area contributed by atoms with Crippen LogP contribution >= 0.6 is 11.3 Å². The number of anilines is 2. The molecular formula is C27H24FN3O4S2. The van der Waals surface area contributed by atoms with Crippen LogP contribution in [0.4, 0.5) is 15.8 Å². The van der Waals surface area contributed by atoms with Crippen molar-refractivity contribution in [2.24, 2.45) is 0 Å². The Hall–Kier alpha value is -4.02. The van der Waals surface area contributed by atoms with Crippen LogP contribution in [-0.2, 0) is 21.2 Å². The molecule has 0 saturated heterocycles. The number of thiophene rings is 1. The maximum absolute atomic E-state index is 13.5. The van der Waals surface area contributed by atoms with E-state index in [1.54, 1.807) is 35.7 Å². The van der Waals surface area contributed by atoms with Gasteiger partial charge in [-0.05, 0) is 59.8 Å². The Morgan fingerprint density at radius 1 is 0.865 bits per heavy atom. The number of rotatable bonds is 10. The zero-order valence-corrected chi connectivity index (χ0v) is 21.3. The topological polar surface area (TPSA) is 95.6 Å². The van der Waals surface area contributed by atoms with Crippen LogP contribution in [0.5, 0.6) is 0 Å². The summed E-state index contributed by atoms with van der Waals surface area (Å²) in [6, 6.07) is 24.1. The monoisotopic (exact) mass is 537 g/mol. The second kappa shape index (κ2) is 11.8. The number of para-hydroxylation sites is 1. The fraction of sp³-hybridized carbons (Fsp3) is 0.111. The molecule has 0 aliphatic carbocycles. The highest BCUT2D eigenvalue weighted by molar-refractivity contribution is 7.94. The molecule has 4 aromatic rings. The fourth-order valence-electron chi connectivity index (χ4n) is 3.61. The molecule has 0 unspecified atom stereocenters. The molecule has 0 spiro atoms. The number of halogens is 1. The summed E-state index contributed by atoms with van der Waals surface area (Å²) in [5.74, 6) is -1.56. The highest BCUT2D eigenvalue weighted by Crippen LogP contribution is 2.27. The van der Waals surface area contributed by atoms with Crippen molar-refractivity contribution in [2.45, 2.75) is 10.6 Å². The highest BCUT2D eigenvalue weighted by atomic mass is 32.2. The number of sulfonamides is 1. The molecule has 37 heavy (non-hydrogen) atoms. The predicted octanol–water partition coefficient (Wildman–Crippen LogP) is 4.69. The van der Waals surface area contributed by atoms with Gasteiger partial charge in [0, 0.05) is 6.54 Å². The second-order valence-corrected chi connectivity index (χ2v) is 11.0. The van der Waals surface area contributed by atoms with Crippen LogP contribution in [0.25, 0.3) is 0 Å². The maximum Gasteiger partial charge on any atom is 0.274 e. The van der Waals surface area contributed by atoms with Gasteiger partial charge in [-0.1, -0.05) is 48.5 Å². The van der Waals surface area contributed by atoms with E-state index < -0.39 is 28.3 Å². The van der Waals surface area contributed by atoms with Crippen LogP contribution in [-0.4, -0.2) is 33.3 Å². The molecular weight excluding hydrogens is 513 g/mol. The maximum atomic E-state index is 13.5. The molecule has 0 atom stereocenters. The number of nitrogens with zero attached hydrogens (tertiary/aromatic N) is 1. The Morgan fingerprint density at radius 3 is 2.27 bits per heavy atom. The number of benzene rings is 3. The Balaban J connectivity index is 1.49. The first kappa shape index (κ1) is 26.1. The van der Waals surface area contributed by atoms with Gasteiger partial charge in [0.15, 0.2) is 0 Å². The standard InChI is InChI=1S/C27H24FN3O4S2/c28-21-12-14-22(15-13-21)31(37(34,35)26-11-6-18-36-26)19-25(32)30-24-10-5-4-9-23(24)27(33)29-17-16-20-7-2-1-3-8-20/h1-15,18H,16-17,19H2,(H,29,33)(H,30,32). The SMILES string of the molecule is O=C(CN(c1ccc(F)cc1)S(=O)(=O)c1cccs1)Nc1ccccc1C(=O)NCCc1ccccc1. The normalized spacial score (nSPS) is 11.1. The molecule has 1 heterocycles. The van der Waals surface area contributed by atoms with Crippen molar-refractivity contribution in [3.05, 3.63) is 113 Å². The number of nitrogens with one attached hydrogen (secondary N) is 2. The Labute approximate surface area is 218 Å². The van der Waals surface area contributed by atoms with Crippen molar-refractivity contribution in [3.8, 4) is 0 Å². The van der Waals surface area contributed by atoms with Crippen molar-refractivity contribution in [2.75, 3.05) is 22.7 Å². The zero-order chi connectivity index (χ0) is 26.3. The van der Waals surface area contributed by atoms with Gasteiger partial charge in [0.05, 0.1) is 16.9 Å². The summed E-state index contributed by atoms with van der Waals surface area (Å²) in [6.45, 7) is -0.168. The summed E-state index contributed by atoms with van der Waals surface area (Å²) in [4.78, 5) is 25.9. The molecule has 7 nitrogen and oxygen atoms in total. The zero-order valence-electron chi connectivity index (χ0n) is 19.6. The van der Waals surface area contributed by atoms with Crippen LogP contribution in [0.1, 0.15) is 15.9 Å². The highest BCUT2D eigenvalue weighted by Gasteiger charge is 2.28. The number of hydrogen-bond acceptors (Lipinski definition) is 5. The summed E-state index contributed by atoms with van der Waals surface area (Å²) in [5.41, 5.74) is 1.71. The average Bonchev–Trinajstić information content (AvgIpc) is 3.45. The van der Waals surface area contributed by atoms with Gasteiger partial charge in [-0.15, -0.1) is 11.3 Å². The van der Waals surface area contributed by atoms with E-state index in [2.05, 4.69) is 10.6 Å². The van der Waals surface area contributed by atoms with Crippen LogP contribution < -0.4 is 14.9 Å². The van der Waals surface area contributed by atoms with Crippen LogP contribution in [0.3, 0.4) is 0 Å². The van der Waals surface area contributed by atoms with Crippen LogP contribution in [0.2, 0.25) is 0 Å². The van der Waals surface area contributed by atoms with Gasteiger partial charge in [-0.2, -0.15) is 0 Å². The largest absolute Gasteiger partial charge is 0.352 e.